The molecule has 162 valence electrons. The molecule has 0 atom stereocenters. The summed E-state index contributed by atoms with van der Waals surface area (Å²) in [5.41, 5.74) is 2.95. The lowest BCUT2D eigenvalue weighted by Crippen LogP contribution is -2.45. The van der Waals surface area contributed by atoms with Gasteiger partial charge in [0.05, 0.1) is 20.8 Å². The van der Waals surface area contributed by atoms with Gasteiger partial charge in [0, 0.05) is 37.1 Å². The summed E-state index contributed by atoms with van der Waals surface area (Å²) < 4.78 is 10.7. The quantitative estimate of drug-likeness (QED) is 0.686. The lowest BCUT2D eigenvalue weighted by atomic mass is 10.0. The van der Waals surface area contributed by atoms with Crippen LogP contribution in [0.1, 0.15) is 29.8 Å². The topological polar surface area (TPSA) is 88.6 Å². The van der Waals surface area contributed by atoms with Crippen LogP contribution in [0.15, 0.2) is 24.3 Å². The van der Waals surface area contributed by atoms with Crippen LogP contribution in [0.3, 0.4) is 0 Å². The first-order valence-electron chi connectivity index (χ1n) is 10.3. The number of methoxy groups -OCH3 is 2. The van der Waals surface area contributed by atoms with E-state index in [1.807, 2.05) is 32.0 Å². The molecule has 1 fully saturated rings. The summed E-state index contributed by atoms with van der Waals surface area (Å²) in [7, 11) is 3.29. The number of carbonyl (C=O) groups is 1. The number of benzene rings is 1. The Balaban J connectivity index is 1.42. The Bertz CT molecular complexity index is 846. The van der Waals surface area contributed by atoms with Gasteiger partial charge >= 0.3 is 0 Å². The molecule has 1 saturated heterocycles. The van der Waals surface area contributed by atoms with Crippen LogP contribution in [0.5, 0.6) is 11.5 Å². The van der Waals surface area contributed by atoms with Crippen LogP contribution in [-0.4, -0.2) is 60.7 Å². The molecular formula is C22H31N5O3. The van der Waals surface area contributed by atoms with Gasteiger partial charge in [0.15, 0.2) is 11.5 Å². The fraction of sp³-hybridized carbons (Fsp3) is 0.500. The largest absolute Gasteiger partial charge is 0.493 e. The van der Waals surface area contributed by atoms with E-state index in [-0.39, 0.29) is 18.5 Å². The van der Waals surface area contributed by atoms with E-state index in [4.69, 9.17) is 9.47 Å². The molecule has 1 aliphatic heterocycles. The Kier molecular flexibility index (Phi) is 7.46. The molecule has 1 aromatic carbocycles. The molecule has 0 bridgehead atoms. The Labute approximate surface area is 178 Å². The summed E-state index contributed by atoms with van der Waals surface area (Å²) in [6, 6.07) is 8.12. The van der Waals surface area contributed by atoms with Crippen molar-refractivity contribution in [2.75, 3.05) is 39.2 Å². The van der Waals surface area contributed by atoms with Crippen molar-refractivity contribution in [3.63, 3.8) is 0 Å². The summed E-state index contributed by atoms with van der Waals surface area (Å²) in [6.45, 7) is 6.73. The molecule has 30 heavy (non-hydrogen) atoms. The molecule has 1 aliphatic rings. The molecule has 1 aromatic heterocycles. The van der Waals surface area contributed by atoms with Gasteiger partial charge in [0.25, 0.3) is 0 Å². The molecule has 0 aliphatic carbocycles. The smallest absolute Gasteiger partial charge is 0.239 e. The average Bonchev–Trinajstić information content (AvgIpc) is 2.73. The van der Waals surface area contributed by atoms with Gasteiger partial charge in [-0.15, -0.1) is 0 Å². The molecule has 2 aromatic rings. The zero-order chi connectivity index (χ0) is 21.5. The number of anilines is 1. The zero-order valence-electron chi connectivity index (χ0n) is 18.2. The Morgan fingerprint density at radius 1 is 1.07 bits per heavy atom. The van der Waals surface area contributed by atoms with Crippen LogP contribution in [0.25, 0.3) is 0 Å². The van der Waals surface area contributed by atoms with Gasteiger partial charge in [-0.25, -0.2) is 9.97 Å². The van der Waals surface area contributed by atoms with Crippen LogP contribution >= 0.6 is 0 Å². The van der Waals surface area contributed by atoms with Crippen LogP contribution in [0.4, 0.5) is 5.95 Å². The third kappa shape index (κ3) is 6.06. The highest BCUT2D eigenvalue weighted by atomic mass is 16.5. The molecule has 0 saturated carbocycles. The van der Waals surface area contributed by atoms with E-state index in [0.29, 0.717) is 5.95 Å². The number of hydrogen-bond acceptors (Lipinski definition) is 7. The minimum absolute atomic E-state index is 0.0314. The van der Waals surface area contributed by atoms with E-state index in [1.54, 1.807) is 14.2 Å². The second-order valence-electron chi connectivity index (χ2n) is 7.64. The number of hydrogen-bond donors (Lipinski definition) is 2. The zero-order valence-corrected chi connectivity index (χ0v) is 18.2. The molecule has 8 heteroatoms. The first-order valence-corrected chi connectivity index (χ1v) is 10.3. The van der Waals surface area contributed by atoms with Gasteiger partial charge in [-0.1, -0.05) is 6.07 Å². The fourth-order valence-corrected chi connectivity index (χ4v) is 3.72. The lowest BCUT2D eigenvalue weighted by Gasteiger charge is -2.32. The van der Waals surface area contributed by atoms with Gasteiger partial charge in [-0.05, 0) is 50.5 Å². The van der Waals surface area contributed by atoms with Crippen molar-refractivity contribution in [1.82, 2.24) is 20.2 Å². The number of aryl methyl sites for hydroxylation is 2. The summed E-state index contributed by atoms with van der Waals surface area (Å²) in [5.74, 6) is 1.95. The maximum atomic E-state index is 12.3. The monoisotopic (exact) mass is 413 g/mol. The Hall–Kier alpha value is -2.87. The molecule has 2 N–H and O–H groups in total. The third-order valence-electron chi connectivity index (χ3n) is 5.20. The highest BCUT2D eigenvalue weighted by molar-refractivity contribution is 5.80. The van der Waals surface area contributed by atoms with Gasteiger partial charge < -0.3 is 20.1 Å². The number of aromatic nitrogens is 2. The number of nitrogens with zero attached hydrogens (tertiary/aromatic N) is 3. The lowest BCUT2D eigenvalue weighted by molar-refractivity contribution is -0.120. The normalized spacial score (nSPS) is 14.9. The fourth-order valence-electron chi connectivity index (χ4n) is 3.72. The van der Waals surface area contributed by atoms with Gasteiger partial charge in [-0.2, -0.15) is 0 Å². The molecule has 3 rings (SSSR count). The number of amides is 1. The number of nitrogens with one attached hydrogen (secondary N) is 2. The van der Waals surface area contributed by atoms with Gasteiger partial charge in [0.2, 0.25) is 11.9 Å². The van der Waals surface area contributed by atoms with Crippen molar-refractivity contribution >= 4 is 11.9 Å². The minimum Gasteiger partial charge on any atom is -0.493 e. The van der Waals surface area contributed by atoms with E-state index < -0.39 is 0 Å². The maximum Gasteiger partial charge on any atom is 0.239 e. The van der Waals surface area contributed by atoms with E-state index >= 15 is 0 Å². The second kappa shape index (κ2) is 10.2. The molecule has 1 amide bonds. The Morgan fingerprint density at radius 3 is 2.37 bits per heavy atom. The highest BCUT2D eigenvalue weighted by Gasteiger charge is 2.21. The molecular weight excluding hydrogens is 382 g/mol. The SMILES string of the molecule is COc1ccc(CN2CCC(NC(=O)CNc3nc(C)cc(C)n3)CC2)cc1OC. The minimum atomic E-state index is -0.0314. The number of rotatable bonds is 8. The first-order chi connectivity index (χ1) is 14.5. The van der Waals surface area contributed by atoms with Crippen molar-refractivity contribution in [2.24, 2.45) is 0 Å². The molecule has 0 spiro atoms. The first kappa shape index (κ1) is 21.8. The molecule has 2 heterocycles. The van der Waals surface area contributed by atoms with Crippen LogP contribution in [0, 0.1) is 13.8 Å². The highest BCUT2D eigenvalue weighted by Crippen LogP contribution is 2.28. The van der Waals surface area contributed by atoms with Gasteiger partial charge in [0.1, 0.15) is 0 Å². The molecule has 0 radical (unpaired) electrons. The number of likely N-dealkylation sites (tertiary alicyclic amines) is 1. The van der Waals surface area contributed by atoms with E-state index in [1.165, 1.54) is 5.56 Å². The van der Waals surface area contributed by atoms with E-state index in [0.717, 1.165) is 55.4 Å². The summed E-state index contributed by atoms with van der Waals surface area (Å²) in [5, 5.41) is 6.13. The van der Waals surface area contributed by atoms with Crippen molar-refractivity contribution in [2.45, 2.75) is 39.3 Å². The Morgan fingerprint density at radius 2 is 1.73 bits per heavy atom. The predicted molar refractivity (Wildman–Crippen MR) is 116 cm³/mol. The van der Waals surface area contributed by atoms with E-state index in [9.17, 15) is 4.79 Å². The standard InChI is InChI=1S/C22H31N5O3/c1-15-11-16(2)25-22(24-15)23-13-21(28)26-18-7-9-27(10-8-18)14-17-5-6-19(29-3)20(12-17)30-4/h5-6,11-12,18H,7-10,13-14H2,1-4H3,(H,26,28)(H,23,24,25). The molecule has 0 unspecified atom stereocenters. The summed E-state index contributed by atoms with van der Waals surface area (Å²) in [6.07, 6.45) is 1.86. The number of piperidine rings is 1. The maximum absolute atomic E-state index is 12.3. The van der Waals surface area contributed by atoms with Crippen molar-refractivity contribution < 1.29 is 14.3 Å². The van der Waals surface area contributed by atoms with Crippen molar-refractivity contribution in [1.29, 1.82) is 0 Å². The van der Waals surface area contributed by atoms with Gasteiger partial charge in [-0.3, -0.25) is 9.69 Å². The summed E-state index contributed by atoms with van der Waals surface area (Å²) >= 11 is 0. The van der Waals surface area contributed by atoms with E-state index in [2.05, 4.69) is 31.6 Å². The van der Waals surface area contributed by atoms with Crippen molar-refractivity contribution in [3.05, 3.63) is 41.2 Å². The molecule has 8 nitrogen and oxygen atoms in total. The second-order valence-corrected chi connectivity index (χ2v) is 7.64. The number of carbonyl (C=O) groups excluding carboxylic acids is 1. The number of ether oxygens (including phenoxy) is 2. The van der Waals surface area contributed by atoms with Crippen molar-refractivity contribution in [3.8, 4) is 11.5 Å². The predicted octanol–water partition coefficient (Wildman–Crippen LogP) is 2.30. The third-order valence-corrected chi connectivity index (χ3v) is 5.20. The van der Waals surface area contributed by atoms with Crippen LogP contribution in [-0.2, 0) is 11.3 Å². The van der Waals surface area contributed by atoms with Crippen LogP contribution in [0.2, 0.25) is 0 Å². The van der Waals surface area contributed by atoms with Crippen LogP contribution < -0.4 is 20.1 Å². The summed E-state index contributed by atoms with van der Waals surface area (Å²) in [4.78, 5) is 23.3. The average molecular weight is 414 g/mol.